The van der Waals surface area contributed by atoms with Crippen LogP contribution in [-0.2, 0) is 19.1 Å². The quantitative estimate of drug-likeness (QED) is 0.539. The Morgan fingerprint density at radius 1 is 1.00 bits per heavy atom. The number of carbonyl (C=O) groups is 3. The fourth-order valence-corrected chi connectivity index (χ4v) is 2.28. The molecule has 1 aliphatic rings. The normalized spacial score (nSPS) is 14.4. The average Bonchev–Trinajstić information content (AvgIpc) is 2.75. The molecule has 1 atom stereocenters. The molecule has 0 aliphatic carbocycles. The monoisotopic (exact) mass is 404 g/mol. The number of amides is 2. The first-order valence-corrected chi connectivity index (χ1v) is 8.53. The summed E-state index contributed by atoms with van der Waals surface area (Å²) in [5, 5.41) is 0. The van der Waals surface area contributed by atoms with E-state index >= 15 is 0 Å². The first-order valence-electron chi connectivity index (χ1n) is 8.53. The maximum atomic E-state index is 13.4. The Morgan fingerprint density at radius 2 is 1.72 bits per heavy atom. The van der Waals surface area contributed by atoms with Gasteiger partial charge in [-0.2, -0.15) is 0 Å². The lowest BCUT2D eigenvalue weighted by Crippen LogP contribution is -2.51. The third-order valence-corrected chi connectivity index (χ3v) is 3.67. The van der Waals surface area contributed by atoms with Gasteiger partial charge in [0.25, 0.3) is 11.8 Å². The van der Waals surface area contributed by atoms with E-state index in [1.807, 2.05) is 0 Å². The number of ether oxygens (including phenoxy) is 4. The Labute approximate surface area is 164 Å². The van der Waals surface area contributed by atoms with E-state index in [-0.39, 0.29) is 12.4 Å². The molecule has 2 aromatic rings. The Bertz CT molecular complexity index is 906. The first-order chi connectivity index (χ1) is 14.0. The number of esters is 1. The molecule has 0 saturated carbocycles. The van der Waals surface area contributed by atoms with Crippen LogP contribution in [0.25, 0.3) is 0 Å². The van der Waals surface area contributed by atoms with Gasteiger partial charge in [-0.1, -0.05) is 24.3 Å². The Kier molecular flexibility index (Phi) is 6.46. The Balaban J connectivity index is 1.35. The topological polar surface area (TPSA) is 112 Å². The maximum absolute atomic E-state index is 13.4. The van der Waals surface area contributed by atoms with E-state index in [4.69, 9.17) is 14.2 Å². The van der Waals surface area contributed by atoms with Crippen molar-refractivity contribution in [3.8, 4) is 17.2 Å². The van der Waals surface area contributed by atoms with E-state index in [0.717, 1.165) is 0 Å². The van der Waals surface area contributed by atoms with Crippen molar-refractivity contribution in [3.05, 3.63) is 54.3 Å². The van der Waals surface area contributed by atoms with Crippen molar-refractivity contribution in [2.24, 2.45) is 0 Å². The predicted octanol–water partition coefficient (Wildman–Crippen LogP) is 0.735. The number of para-hydroxylation sites is 3. The van der Waals surface area contributed by atoms with E-state index in [1.165, 1.54) is 18.2 Å². The molecular weight excluding hydrogens is 387 g/mol. The summed E-state index contributed by atoms with van der Waals surface area (Å²) in [5.74, 6) is -2.11. The highest BCUT2D eigenvalue weighted by Gasteiger charge is 2.27. The number of hydrogen-bond donors (Lipinski definition) is 2. The second-order valence-corrected chi connectivity index (χ2v) is 5.78. The summed E-state index contributed by atoms with van der Waals surface area (Å²) in [4.78, 5) is 35.3. The van der Waals surface area contributed by atoms with Crippen LogP contribution < -0.4 is 25.1 Å². The number of benzene rings is 2. The number of hydrogen-bond acceptors (Lipinski definition) is 7. The molecule has 2 N–H and O–H groups in total. The predicted molar refractivity (Wildman–Crippen MR) is 95.5 cm³/mol. The van der Waals surface area contributed by atoms with Crippen LogP contribution >= 0.6 is 0 Å². The molecule has 1 aliphatic heterocycles. The zero-order valence-corrected chi connectivity index (χ0v) is 15.1. The van der Waals surface area contributed by atoms with Crippen molar-refractivity contribution >= 4 is 17.8 Å². The summed E-state index contributed by atoms with van der Waals surface area (Å²) in [6.45, 7) is -1.26. The van der Waals surface area contributed by atoms with Crippen LogP contribution in [-0.4, -0.2) is 43.7 Å². The van der Waals surface area contributed by atoms with E-state index < -0.39 is 42.9 Å². The van der Waals surface area contributed by atoms with Gasteiger partial charge in [0.05, 0.1) is 0 Å². The summed E-state index contributed by atoms with van der Waals surface area (Å²) in [5.41, 5.74) is 4.25. The minimum absolute atomic E-state index is 0.0267. The van der Waals surface area contributed by atoms with Crippen LogP contribution in [0.5, 0.6) is 17.2 Å². The van der Waals surface area contributed by atoms with Crippen molar-refractivity contribution < 1.29 is 37.7 Å². The molecule has 2 aromatic carbocycles. The molecule has 2 amide bonds. The van der Waals surface area contributed by atoms with Crippen molar-refractivity contribution in [1.29, 1.82) is 0 Å². The van der Waals surface area contributed by atoms with Gasteiger partial charge in [-0.3, -0.25) is 20.4 Å². The molecule has 3 rings (SSSR count). The van der Waals surface area contributed by atoms with Gasteiger partial charge in [-0.25, -0.2) is 9.18 Å². The lowest BCUT2D eigenvalue weighted by molar-refractivity contribution is -0.151. The lowest BCUT2D eigenvalue weighted by Gasteiger charge is -2.25. The second-order valence-electron chi connectivity index (χ2n) is 5.78. The van der Waals surface area contributed by atoms with E-state index in [1.54, 1.807) is 30.3 Å². The number of rotatable bonds is 6. The van der Waals surface area contributed by atoms with Crippen LogP contribution in [0.1, 0.15) is 0 Å². The van der Waals surface area contributed by atoms with Gasteiger partial charge in [0.2, 0.25) is 6.10 Å². The molecule has 0 bridgehead atoms. The van der Waals surface area contributed by atoms with Gasteiger partial charge in [0.15, 0.2) is 36.3 Å². The molecule has 0 saturated heterocycles. The summed E-state index contributed by atoms with van der Waals surface area (Å²) < 4.78 is 33.9. The van der Waals surface area contributed by atoms with Crippen LogP contribution in [0.3, 0.4) is 0 Å². The molecular formula is C19H17FN2O7. The number of halogens is 1. The largest absolute Gasteiger partial charge is 0.485 e. The van der Waals surface area contributed by atoms with Crippen molar-refractivity contribution in [2.75, 3.05) is 19.8 Å². The van der Waals surface area contributed by atoms with Gasteiger partial charge >= 0.3 is 5.97 Å². The van der Waals surface area contributed by atoms with Crippen LogP contribution in [0.15, 0.2) is 48.5 Å². The highest BCUT2D eigenvalue weighted by molar-refractivity contribution is 5.86. The van der Waals surface area contributed by atoms with Gasteiger partial charge in [0, 0.05) is 0 Å². The van der Waals surface area contributed by atoms with Gasteiger partial charge in [-0.05, 0) is 24.3 Å². The third-order valence-electron chi connectivity index (χ3n) is 3.67. The molecule has 0 radical (unpaired) electrons. The minimum atomic E-state index is -0.957. The smallest absolute Gasteiger partial charge is 0.344 e. The molecule has 9 nitrogen and oxygen atoms in total. The van der Waals surface area contributed by atoms with Crippen molar-refractivity contribution in [1.82, 2.24) is 10.9 Å². The third kappa shape index (κ3) is 5.58. The number of carbonyl (C=O) groups excluding carboxylic acids is 3. The maximum Gasteiger partial charge on any atom is 0.344 e. The fraction of sp³-hybridized carbons (Fsp3) is 0.211. The van der Waals surface area contributed by atoms with E-state index in [2.05, 4.69) is 15.6 Å². The van der Waals surface area contributed by atoms with E-state index in [9.17, 15) is 18.8 Å². The van der Waals surface area contributed by atoms with Crippen molar-refractivity contribution in [3.63, 3.8) is 0 Å². The van der Waals surface area contributed by atoms with Gasteiger partial charge in [-0.15, -0.1) is 0 Å². The summed E-state index contributed by atoms with van der Waals surface area (Å²) in [6.07, 6.45) is -0.957. The van der Waals surface area contributed by atoms with Crippen molar-refractivity contribution in [2.45, 2.75) is 6.10 Å². The van der Waals surface area contributed by atoms with Gasteiger partial charge < -0.3 is 18.9 Å². The molecule has 152 valence electrons. The molecule has 0 fully saturated rings. The van der Waals surface area contributed by atoms with Crippen LogP contribution in [0.4, 0.5) is 4.39 Å². The first kappa shape index (κ1) is 19.9. The summed E-state index contributed by atoms with van der Waals surface area (Å²) in [6, 6.07) is 12.4. The molecule has 10 heteroatoms. The highest BCUT2D eigenvalue weighted by Crippen LogP contribution is 2.30. The summed E-state index contributed by atoms with van der Waals surface area (Å²) >= 11 is 0. The molecule has 0 aromatic heterocycles. The minimum Gasteiger partial charge on any atom is -0.485 e. The summed E-state index contributed by atoms with van der Waals surface area (Å²) in [7, 11) is 0. The number of hydrazine groups is 1. The number of fused-ring (bicyclic) bond motifs is 1. The van der Waals surface area contributed by atoms with Gasteiger partial charge in [0.1, 0.15) is 6.61 Å². The molecule has 0 spiro atoms. The fourth-order valence-electron chi connectivity index (χ4n) is 2.28. The average molecular weight is 404 g/mol. The molecule has 29 heavy (non-hydrogen) atoms. The Morgan fingerprint density at radius 3 is 2.52 bits per heavy atom. The Hall–Kier alpha value is -3.82. The standard InChI is InChI=1S/C19H17FN2O7/c20-12-5-1-2-6-13(12)27-11-18(24)28-10-17(23)21-22-19(25)16-9-26-14-7-3-4-8-15(14)29-16/h1-8,16H,9-11H2,(H,21,23)(H,22,25)/t16-/m0/s1. The SMILES string of the molecule is O=C(COC(=O)COc1ccccc1F)NNC(=O)[C@@H]1COc2ccccc2O1. The number of nitrogens with one attached hydrogen (secondary N) is 2. The lowest BCUT2D eigenvalue weighted by atomic mass is 10.2. The van der Waals surface area contributed by atoms with Crippen LogP contribution in [0, 0.1) is 5.82 Å². The molecule has 1 heterocycles. The highest BCUT2D eigenvalue weighted by atomic mass is 19.1. The van der Waals surface area contributed by atoms with Crippen LogP contribution in [0.2, 0.25) is 0 Å². The zero-order valence-electron chi connectivity index (χ0n) is 15.1. The second kappa shape index (κ2) is 9.40. The zero-order chi connectivity index (χ0) is 20.6. The molecule has 0 unspecified atom stereocenters. The van der Waals surface area contributed by atoms with E-state index in [0.29, 0.717) is 11.5 Å².